The van der Waals surface area contributed by atoms with Crippen molar-refractivity contribution in [2.24, 2.45) is 11.1 Å². The van der Waals surface area contributed by atoms with Gasteiger partial charge in [-0.3, -0.25) is 4.79 Å². The van der Waals surface area contributed by atoms with Crippen molar-refractivity contribution < 1.29 is 23.8 Å². The van der Waals surface area contributed by atoms with E-state index in [0.29, 0.717) is 31.0 Å². The Hall–Kier alpha value is -3.22. The number of benzene rings is 2. The molecule has 3 rings (SSSR count). The second-order valence-electron chi connectivity index (χ2n) is 7.76. The van der Waals surface area contributed by atoms with Gasteiger partial charge in [0.1, 0.15) is 5.75 Å². The number of hydrogen-bond acceptors (Lipinski definition) is 6. The molecule has 2 aromatic carbocycles. The lowest BCUT2D eigenvalue weighted by Gasteiger charge is -2.26. The molecule has 0 aromatic heterocycles. The maximum atomic E-state index is 12.9. The molecule has 0 bridgehead atoms. The van der Waals surface area contributed by atoms with Crippen molar-refractivity contribution in [2.75, 3.05) is 27.9 Å². The predicted molar refractivity (Wildman–Crippen MR) is 119 cm³/mol. The van der Waals surface area contributed by atoms with Crippen LogP contribution in [0.1, 0.15) is 31.4 Å². The van der Waals surface area contributed by atoms with Crippen molar-refractivity contribution in [3.8, 4) is 17.2 Å². The van der Waals surface area contributed by atoms with E-state index in [1.165, 1.54) is 0 Å². The third kappa shape index (κ3) is 5.48. The number of rotatable bonds is 9. The van der Waals surface area contributed by atoms with Gasteiger partial charge in [-0.1, -0.05) is 31.1 Å². The van der Waals surface area contributed by atoms with Crippen LogP contribution in [0.5, 0.6) is 17.2 Å². The van der Waals surface area contributed by atoms with Crippen LogP contribution in [0.4, 0.5) is 0 Å². The molecule has 0 radical (unpaired) electrons. The average molecular weight is 427 g/mol. The Morgan fingerprint density at radius 1 is 1.10 bits per heavy atom. The minimum absolute atomic E-state index is 0.0750. The van der Waals surface area contributed by atoms with Crippen LogP contribution in [0.25, 0.3) is 0 Å². The van der Waals surface area contributed by atoms with Crippen molar-refractivity contribution in [2.45, 2.75) is 32.9 Å². The minimum Gasteiger partial charge on any atom is -0.497 e. The molecular formula is C24H30N2O5. The Morgan fingerprint density at radius 3 is 2.55 bits per heavy atom. The van der Waals surface area contributed by atoms with E-state index in [1.54, 1.807) is 21.3 Å². The third-order valence-electron chi connectivity index (χ3n) is 5.19. The van der Waals surface area contributed by atoms with Crippen LogP contribution in [0.15, 0.2) is 47.6 Å². The molecule has 7 heteroatoms. The lowest BCUT2D eigenvalue weighted by molar-refractivity contribution is -0.136. The molecular weight excluding hydrogens is 396 g/mol. The number of methoxy groups -OCH3 is 3. The van der Waals surface area contributed by atoms with Gasteiger partial charge in [0.15, 0.2) is 17.6 Å². The van der Waals surface area contributed by atoms with Gasteiger partial charge in [-0.25, -0.2) is 0 Å². The molecule has 0 aliphatic carbocycles. The van der Waals surface area contributed by atoms with Gasteiger partial charge in [0.05, 0.1) is 33.6 Å². The third-order valence-corrected chi connectivity index (χ3v) is 5.19. The van der Waals surface area contributed by atoms with E-state index in [9.17, 15) is 4.79 Å². The fourth-order valence-corrected chi connectivity index (χ4v) is 3.55. The highest BCUT2D eigenvalue weighted by Crippen LogP contribution is 2.30. The summed E-state index contributed by atoms with van der Waals surface area (Å²) in [5.74, 6) is 2.03. The molecule has 1 heterocycles. The SMILES string of the molecule is COc1cccc(CN(CC2CC(c3ccc(OC)c(OC)c3)=NO2)C(=O)C(C)C)c1. The fourth-order valence-electron chi connectivity index (χ4n) is 3.55. The van der Waals surface area contributed by atoms with Gasteiger partial charge in [0.2, 0.25) is 5.91 Å². The van der Waals surface area contributed by atoms with E-state index in [0.717, 1.165) is 22.6 Å². The van der Waals surface area contributed by atoms with Crippen molar-refractivity contribution >= 4 is 11.6 Å². The number of carbonyl (C=O) groups is 1. The van der Waals surface area contributed by atoms with Crippen LogP contribution in [-0.4, -0.2) is 50.5 Å². The monoisotopic (exact) mass is 426 g/mol. The number of hydrogen-bond donors (Lipinski definition) is 0. The summed E-state index contributed by atoms with van der Waals surface area (Å²) >= 11 is 0. The van der Waals surface area contributed by atoms with E-state index < -0.39 is 0 Å². The van der Waals surface area contributed by atoms with Gasteiger partial charge in [0, 0.05) is 24.4 Å². The smallest absolute Gasteiger partial charge is 0.225 e. The molecule has 1 aliphatic rings. The number of carbonyl (C=O) groups excluding carboxylic acids is 1. The Labute approximate surface area is 183 Å². The highest BCUT2D eigenvalue weighted by Gasteiger charge is 2.28. The Morgan fingerprint density at radius 2 is 1.87 bits per heavy atom. The zero-order chi connectivity index (χ0) is 22.4. The van der Waals surface area contributed by atoms with Crippen molar-refractivity contribution in [1.82, 2.24) is 4.90 Å². The van der Waals surface area contributed by atoms with Gasteiger partial charge in [-0.05, 0) is 35.9 Å². The lowest BCUT2D eigenvalue weighted by Crippen LogP contribution is -2.39. The van der Waals surface area contributed by atoms with Crippen LogP contribution < -0.4 is 14.2 Å². The fraction of sp³-hybridized carbons (Fsp3) is 0.417. The first-order valence-electron chi connectivity index (χ1n) is 10.3. The van der Waals surface area contributed by atoms with Crippen LogP contribution in [0, 0.1) is 5.92 Å². The first-order chi connectivity index (χ1) is 14.9. The summed E-state index contributed by atoms with van der Waals surface area (Å²) in [4.78, 5) is 20.4. The molecule has 166 valence electrons. The van der Waals surface area contributed by atoms with E-state index in [1.807, 2.05) is 61.2 Å². The summed E-state index contributed by atoms with van der Waals surface area (Å²) in [6, 6.07) is 13.4. The quantitative estimate of drug-likeness (QED) is 0.608. The predicted octanol–water partition coefficient (Wildman–Crippen LogP) is 3.89. The lowest BCUT2D eigenvalue weighted by atomic mass is 10.0. The molecule has 31 heavy (non-hydrogen) atoms. The molecule has 1 atom stereocenters. The molecule has 0 N–H and O–H groups in total. The van der Waals surface area contributed by atoms with Crippen LogP contribution >= 0.6 is 0 Å². The number of nitrogens with zero attached hydrogens (tertiary/aromatic N) is 2. The molecule has 1 aliphatic heterocycles. The van der Waals surface area contributed by atoms with Crippen LogP contribution in [-0.2, 0) is 16.2 Å². The number of oxime groups is 1. The van der Waals surface area contributed by atoms with E-state index in [4.69, 9.17) is 19.0 Å². The minimum atomic E-state index is -0.212. The Bertz CT molecular complexity index is 941. The number of ether oxygens (including phenoxy) is 3. The van der Waals surface area contributed by atoms with E-state index in [-0.39, 0.29) is 17.9 Å². The summed E-state index contributed by atoms with van der Waals surface area (Å²) in [5.41, 5.74) is 2.74. The second-order valence-corrected chi connectivity index (χ2v) is 7.76. The van der Waals surface area contributed by atoms with E-state index >= 15 is 0 Å². The zero-order valence-corrected chi connectivity index (χ0v) is 18.8. The maximum absolute atomic E-state index is 12.9. The summed E-state index contributed by atoms with van der Waals surface area (Å²) < 4.78 is 16.0. The first kappa shape index (κ1) is 22.5. The zero-order valence-electron chi connectivity index (χ0n) is 18.8. The van der Waals surface area contributed by atoms with Gasteiger partial charge < -0.3 is 23.9 Å². The average Bonchev–Trinajstić information content (AvgIpc) is 3.26. The summed E-state index contributed by atoms with van der Waals surface area (Å²) in [7, 11) is 4.84. The van der Waals surface area contributed by atoms with Gasteiger partial charge in [-0.15, -0.1) is 0 Å². The van der Waals surface area contributed by atoms with Crippen LogP contribution in [0.2, 0.25) is 0 Å². The Kier molecular flexibility index (Phi) is 7.39. The number of amides is 1. The highest BCUT2D eigenvalue weighted by atomic mass is 16.6. The molecule has 7 nitrogen and oxygen atoms in total. The van der Waals surface area contributed by atoms with Crippen LogP contribution in [0.3, 0.4) is 0 Å². The topological polar surface area (TPSA) is 69.6 Å². The molecule has 2 aromatic rings. The normalized spacial score (nSPS) is 15.3. The molecule has 1 unspecified atom stereocenters. The van der Waals surface area contributed by atoms with Gasteiger partial charge in [-0.2, -0.15) is 0 Å². The standard InChI is InChI=1S/C24H30N2O5/c1-16(2)24(27)26(14-17-7-6-8-19(11-17)28-3)15-20-13-21(25-31-20)18-9-10-22(29-4)23(12-18)30-5/h6-12,16,20H,13-15H2,1-5H3. The summed E-state index contributed by atoms with van der Waals surface area (Å²) in [5, 5.41) is 4.27. The summed E-state index contributed by atoms with van der Waals surface area (Å²) in [6.45, 7) is 4.75. The molecule has 0 saturated heterocycles. The van der Waals surface area contributed by atoms with Crippen molar-refractivity contribution in [3.63, 3.8) is 0 Å². The molecule has 0 fully saturated rings. The van der Waals surface area contributed by atoms with Crippen molar-refractivity contribution in [1.29, 1.82) is 0 Å². The molecule has 0 spiro atoms. The first-order valence-corrected chi connectivity index (χ1v) is 10.3. The van der Waals surface area contributed by atoms with E-state index in [2.05, 4.69) is 5.16 Å². The van der Waals surface area contributed by atoms with Gasteiger partial charge >= 0.3 is 0 Å². The molecule has 0 saturated carbocycles. The largest absolute Gasteiger partial charge is 0.497 e. The Balaban J connectivity index is 1.71. The van der Waals surface area contributed by atoms with Crippen molar-refractivity contribution in [3.05, 3.63) is 53.6 Å². The molecule has 1 amide bonds. The second kappa shape index (κ2) is 10.2. The highest BCUT2D eigenvalue weighted by molar-refractivity contribution is 6.01. The summed E-state index contributed by atoms with van der Waals surface area (Å²) in [6.07, 6.45) is 0.395. The van der Waals surface area contributed by atoms with Gasteiger partial charge in [0.25, 0.3) is 0 Å². The maximum Gasteiger partial charge on any atom is 0.225 e.